The van der Waals surface area contributed by atoms with Crippen LogP contribution in [-0.2, 0) is 4.79 Å². The van der Waals surface area contributed by atoms with Crippen LogP contribution in [0, 0.1) is 12.8 Å². The summed E-state index contributed by atoms with van der Waals surface area (Å²) in [7, 11) is 3.91. The van der Waals surface area contributed by atoms with Crippen molar-refractivity contribution in [2.24, 2.45) is 5.92 Å². The molecular formula is C32H35Cl2N3O5. The Bertz CT molecular complexity index is 1430. The average Bonchev–Trinajstić information content (AvgIpc) is 2.95. The summed E-state index contributed by atoms with van der Waals surface area (Å²) in [5.74, 6) is -1.45. The Morgan fingerprint density at radius 2 is 1.71 bits per heavy atom. The number of carbonyl (C=O) groups is 3. The van der Waals surface area contributed by atoms with Gasteiger partial charge in [0.2, 0.25) is 0 Å². The van der Waals surface area contributed by atoms with E-state index < -0.39 is 17.9 Å². The number of piperidine rings is 1. The molecule has 0 radical (unpaired) electrons. The van der Waals surface area contributed by atoms with Crippen molar-refractivity contribution in [1.82, 2.24) is 9.80 Å². The third kappa shape index (κ3) is 7.62. The van der Waals surface area contributed by atoms with E-state index >= 15 is 0 Å². The second-order valence-electron chi connectivity index (χ2n) is 10.7. The Balaban J connectivity index is 1.63. The van der Waals surface area contributed by atoms with Crippen molar-refractivity contribution in [1.29, 1.82) is 0 Å². The number of hydrogen-bond acceptors (Lipinski definition) is 5. The molecule has 1 heterocycles. The van der Waals surface area contributed by atoms with Crippen LogP contribution in [0.1, 0.15) is 39.1 Å². The van der Waals surface area contributed by atoms with Gasteiger partial charge in [0.1, 0.15) is 12.4 Å². The maximum Gasteiger partial charge on any atom is 0.303 e. The van der Waals surface area contributed by atoms with Crippen LogP contribution in [0.2, 0.25) is 10.0 Å². The van der Waals surface area contributed by atoms with Crippen LogP contribution in [0.4, 0.5) is 5.69 Å². The number of hydrogen-bond donors (Lipinski definition) is 1. The predicted octanol–water partition coefficient (Wildman–Crippen LogP) is 5.89. The first kappa shape index (κ1) is 31.3. The molecule has 2 amide bonds. The van der Waals surface area contributed by atoms with Gasteiger partial charge in [-0.1, -0.05) is 35.3 Å². The van der Waals surface area contributed by atoms with Gasteiger partial charge in [0.15, 0.2) is 0 Å². The SMILES string of the molecule is Cc1c(Cl)cccc1N(C(=O)c1ccc(Cl)cc1)[C@@H]1CCN(C(=O)c2cccc(OCCN(C)C)c2)C[C@@H]1CC(=O)O. The molecule has 10 heteroatoms. The number of benzene rings is 3. The number of nitrogens with zero attached hydrogens (tertiary/aromatic N) is 3. The van der Waals surface area contributed by atoms with Gasteiger partial charge in [0, 0.05) is 58.5 Å². The van der Waals surface area contributed by atoms with Crippen LogP contribution >= 0.6 is 23.2 Å². The van der Waals surface area contributed by atoms with E-state index in [0.29, 0.717) is 57.7 Å². The summed E-state index contributed by atoms with van der Waals surface area (Å²) >= 11 is 12.5. The zero-order valence-electron chi connectivity index (χ0n) is 23.9. The molecule has 42 heavy (non-hydrogen) atoms. The summed E-state index contributed by atoms with van der Waals surface area (Å²) in [4.78, 5) is 45.0. The third-order valence-electron chi connectivity index (χ3n) is 7.45. The summed E-state index contributed by atoms with van der Waals surface area (Å²) in [6.07, 6.45) is 0.167. The fourth-order valence-corrected chi connectivity index (χ4v) is 5.54. The number of halogens is 2. The van der Waals surface area contributed by atoms with Crippen molar-refractivity contribution in [2.45, 2.75) is 25.8 Å². The van der Waals surface area contributed by atoms with Gasteiger partial charge in [0.25, 0.3) is 11.8 Å². The third-order valence-corrected chi connectivity index (χ3v) is 8.11. The number of carboxylic acids is 1. The standard InChI is InChI=1S/C32H35Cl2N3O5/c1-21-27(34)8-5-9-28(21)37(32(41)22-10-12-25(33)13-11-22)29-14-15-36(20-24(29)19-30(38)39)31(40)23-6-4-7-26(18-23)42-17-16-35(2)3/h4-13,18,24,29H,14-17,19-20H2,1-3H3,(H,38,39)/t24-,29+/m0/s1. The fourth-order valence-electron chi connectivity index (χ4n) is 5.24. The van der Waals surface area contributed by atoms with Crippen LogP contribution in [0.5, 0.6) is 5.75 Å². The van der Waals surface area contributed by atoms with Crippen molar-refractivity contribution in [3.63, 3.8) is 0 Å². The molecule has 3 aromatic carbocycles. The monoisotopic (exact) mass is 611 g/mol. The summed E-state index contributed by atoms with van der Waals surface area (Å²) < 4.78 is 5.81. The van der Waals surface area contributed by atoms with E-state index in [2.05, 4.69) is 0 Å². The maximum absolute atomic E-state index is 14.0. The van der Waals surface area contributed by atoms with E-state index in [-0.39, 0.29) is 24.8 Å². The predicted molar refractivity (Wildman–Crippen MR) is 165 cm³/mol. The molecule has 3 aromatic rings. The molecule has 1 saturated heterocycles. The van der Waals surface area contributed by atoms with Crippen molar-refractivity contribution in [2.75, 3.05) is 45.2 Å². The van der Waals surface area contributed by atoms with Gasteiger partial charge in [-0.25, -0.2) is 0 Å². The first-order valence-corrected chi connectivity index (χ1v) is 14.5. The van der Waals surface area contributed by atoms with Crippen LogP contribution in [-0.4, -0.2) is 79.1 Å². The highest BCUT2D eigenvalue weighted by Gasteiger charge is 2.40. The largest absolute Gasteiger partial charge is 0.492 e. The minimum absolute atomic E-state index is 0.172. The molecule has 1 aliphatic rings. The first-order valence-electron chi connectivity index (χ1n) is 13.8. The lowest BCUT2D eigenvalue weighted by Gasteiger charge is -2.44. The molecule has 0 unspecified atom stereocenters. The van der Waals surface area contributed by atoms with Crippen LogP contribution in [0.15, 0.2) is 66.7 Å². The number of anilines is 1. The van der Waals surface area contributed by atoms with Crippen molar-refractivity contribution >= 4 is 46.7 Å². The maximum atomic E-state index is 14.0. The van der Waals surface area contributed by atoms with Crippen molar-refractivity contribution in [3.05, 3.63) is 93.5 Å². The molecule has 0 saturated carbocycles. The van der Waals surface area contributed by atoms with Crippen LogP contribution in [0.25, 0.3) is 0 Å². The van der Waals surface area contributed by atoms with Gasteiger partial charge in [-0.15, -0.1) is 0 Å². The van der Waals surface area contributed by atoms with Crippen LogP contribution in [0.3, 0.4) is 0 Å². The molecule has 222 valence electrons. The molecule has 0 aromatic heterocycles. The first-order chi connectivity index (χ1) is 20.0. The number of carbonyl (C=O) groups excluding carboxylic acids is 2. The van der Waals surface area contributed by atoms with E-state index in [1.165, 1.54) is 0 Å². The molecule has 2 atom stereocenters. The molecule has 1 N–H and O–H groups in total. The van der Waals surface area contributed by atoms with Gasteiger partial charge in [-0.3, -0.25) is 14.4 Å². The zero-order chi connectivity index (χ0) is 30.4. The number of ether oxygens (including phenoxy) is 1. The summed E-state index contributed by atoms with van der Waals surface area (Å²) in [5, 5.41) is 10.9. The number of amides is 2. The summed E-state index contributed by atoms with van der Waals surface area (Å²) in [6.45, 7) is 3.57. The highest BCUT2D eigenvalue weighted by molar-refractivity contribution is 6.32. The molecular weight excluding hydrogens is 577 g/mol. The highest BCUT2D eigenvalue weighted by Crippen LogP contribution is 2.35. The summed E-state index contributed by atoms with van der Waals surface area (Å²) in [5.41, 5.74) is 2.19. The molecule has 1 aliphatic heterocycles. The minimum atomic E-state index is -1.00. The molecule has 0 aliphatic carbocycles. The number of carboxylic acid groups (broad SMARTS) is 1. The lowest BCUT2D eigenvalue weighted by Crippen LogP contribution is -2.55. The number of likely N-dealkylation sites (N-methyl/N-ethyl adjacent to an activating group) is 1. The van der Waals surface area contributed by atoms with Crippen LogP contribution < -0.4 is 9.64 Å². The fraction of sp³-hybridized carbons (Fsp3) is 0.344. The Kier molecular flexibility index (Phi) is 10.5. The normalized spacial score (nSPS) is 16.8. The average molecular weight is 613 g/mol. The summed E-state index contributed by atoms with van der Waals surface area (Å²) in [6, 6.07) is 18.4. The van der Waals surface area contributed by atoms with Gasteiger partial charge in [-0.2, -0.15) is 0 Å². The Hall–Kier alpha value is -3.59. The van der Waals surface area contributed by atoms with E-state index in [1.807, 2.05) is 32.0 Å². The van der Waals surface area contributed by atoms with Gasteiger partial charge >= 0.3 is 5.97 Å². The smallest absolute Gasteiger partial charge is 0.303 e. The van der Waals surface area contributed by atoms with Gasteiger partial charge < -0.3 is 24.5 Å². The highest BCUT2D eigenvalue weighted by atomic mass is 35.5. The van der Waals surface area contributed by atoms with Gasteiger partial charge in [0.05, 0.1) is 6.42 Å². The molecule has 8 nitrogen and oxygen atoms in total. The Labute approximate surface area is 256 Å². The molecule has 0 spiro atoms. The van der Waals surface area contributed by atoms with Crippen molar-refractivity contribution < 1.29 is 24.2 Å². The van der Waals surface area contributed by atoms with E-state index in [9.17, 15) is 19.5 Å². The number of rotatable bonds is 10. The molecule has 4 rings (SSSR count). The second-order valence-corrected chi connectivity index (χ2v) is 11.6. The van der Waals surface area contributed by atoms with Gasteiger partial charge in [-0.05, 0) is 87.6 Å². The molecule has 0 bridgehead atoms. The number of likely N-dealkylation sites (tertiary alicyclic amines) is 1. The zero-order valence-corrected chi connectivity index (χ0v) is 25.4. The lowest BCUT2D eigenvalue weighted by atomic mass is 9.86. The quantitative estimate of drug-likeness (QED) is 0.307. The number of aliphatic carboxylic acids is 1. The minimum Gasteiger partial charge on any atom is -0.492 e. The van der Waals surface area contributed by atoms with Crippen molar-refractivity contribution in [3.8, 4) is 5.75 Å². The van der Waals surface area contributed by atoms with E-state index in [1.54, 1.807) is 70.5 Å². The second kappa shape index (κ2) is 14.1. The van der Waals surface area contributed by atoms with E-state index in [0.717, 1.165) is 6.54 Å². The topological polar surface area (TPSA) is 90.4 Å². The molecule has 1 fully saturated rings. The lowest BCUT2D eigenvalue weighted by molar-refractivity contribution is -0.138. The van der Waals surface area contributed by atoms with E-state index in [4.69, 9.17) is 27.9 Å². The Morgan fingerprint density at radius 1 is 1.00 bits per heavy atom. The Morgan fingerprint density at radius 3 is 2.40 bits per heavy atom.